The van der Waals surface area contributed by atoms with Crippen LogP contribution in [-0.4, -0.2) is 94.6 Å². The van der Waals surface area contributed by atoms with E-state index in [1.807, 2.05) is 12.1 Å². The molecule has 2 saturated heterocycles. The van der Waals surface area contributed by atoms with Gasteiger partial charge in [-0.3, -0.25) is 14.8 Å². The van der Waals surface area contributed by atoms with Gasteiger partial charge in [0.15, 0.2) is 5.96 Å². The minimum absolute atomic E-state index is 0. The fraction of sp³-hybridized carbons (Fsp3) is 0.667. The van der Waals surface area contributed by atoms with Crippen molar-refractivity contribution < 1.29 is 22.6 Å². The molecule has 0 aromatic heterocycles. The molecule has 2 N–H and O–H groups in total. The fourth-order valence-corrected chi connectivity index (χ4v) is 4.10. The highest BCUT2D eigenvalue weighted by atomic mass is 127. The number of nitrogens with one attached hydrogen (secondary N) is 2. The maximum atomic E-state index is 12.6. The topological polar surface area (TPSA) is 61.4 Å². The molecule has 0 spiro atoms. The summed E-state index contributed by atoms with van der Waals surface area (Å²) < 4.78 is 48.7. The molecule has 0 saturated carbocycles. The highest BCUT2D eigenvalue weighted by Gasteiger charge is 2.34. The second-order valence-corrected chi connectivity index (χ2v) is 7.87. The van der Waals surface area contributed by atoms with Crippen molar-refractivity contribution in [2.24, 2.45) is 4.99 Å². The summed E-state index contributed by atoms with van der Waals surface area (Å²) in [6.07, 6.45) is -3.51. The molecule has 0 radical (unpaired) electrons. The lowest BCUT2D eigenvalue weighted by atomic mass is 10.0. The average Bonchev–Trinajstić information content (AvgIpc) is 3.19. The van der Waals surface area contributed by atoms with Gasteiger partial charge >= 0.3 is 6.18 Å². The number of morpholine rings is 1. The van der Waals surface area contributed by atoms with Crippen LogP contribution in [0.2, 0.25) is 0 Å². The molecule has 7 nitrogen and oxygen atoms in total. The molecule has 0 amide bonds. The Balaban J connectivity index is 0.00000363. The molecular weight excluding hydrogens is 538 g/mol. The summed E-state index contributed by atoms with van der Waals surface area (Å²) in [5, 5.41) is 6.64. The van der Waals surface area contributed by atoms with Crippen molar-refractivity contribution in [1.82, 2.24) is 20.4 Å². The van der Waals surface area contributed by atoms with Crippen LogP contribution in [-0.2, 0) is 4.74 Å². The maximum absolute atomic E-state index is 12.6. The third-order valence-electron chi connectivity index (χ3n) is 5.69. The van der Waals surface area contributed by atoms with E-state index in [0.29, 0.717) is 45.2 Å². The summed E-state index contributed by atoms with van der Waals surface area (Å²) in [7, 11) is 3.32. The van der Waals surface area contributed by atoms with Gasteiger partial charge in [0.05, 0.1) is 32.9 Å². The predicted molar refractivity (Wildman–Crippen MR) is 129 cm³/mol. The Bertz CT molecular complexity index is 714. The molecule has 2 unspecified atom stereocenters. The summed E-state index contributed by atoms with van der Waals surface area (Å²) in [5.41, 5.74) is 1.16. The number of likely N-dealkylation sites (tertiary alicyclic amines) is 1. The zero-order valence-electron chi connectivity index (χ0n) is 18.5. The molecule has 2 heterocycles. The molecule has 2 fully saturated rings. The second kappa shape index (κ2) is 12.8. The molecule has 2 atom stereocenters. The van der Waals surface area contributed by atoms with E-state index >= 15 is 0 Å². The van der Waals surface area contributed by atoms with Crippen LogP contribution in [0.1, 0.15) is 18.0 Å². The summed E-state index contributed by atoms with van der Waals surface area (Å²) in [6.45, 7) is 3.58. The molecule has 11 heteroatoms. The zero-order chi connectivity index (χ0) is 22.3. The zero-order valence-corrected chi connectivity index (χ0v) is 20.9. The first-order valence-electron chi connectivity index (χ1n) is 10.6. The SMILES string of the molecule is CN=C(NCC(c1ccc(OC)cc1)N1CCOCC1)NC1CCN(CC(F)(F)F)C1.I. The number of ether oxygens (including phenoxy) is 2. The Morgan fingerprint density at radius 3 is 2.50 bits per heavy atom. The van der Waals surface area contributed by atoms with Crippen LogP contribution in [0.25, 0.3) is 0 Å². The lowest BCUT2D eigenvalue weighted by Gasteiger charge is -2.35. The number of hydrogen-bond acceptors (Lipinski definition) is 5. The predicted octanol–water partition coefficient (Wildman–Crippen LogP) is 2.49. The highest BCUT2D eigenvalue weighted by molar-refractivity contribution is 14.0. The molecule has 32 heavy (non-hydrogen) atoms. The monoisotopic (exact) mass is 571 g/mol. The molecule has 2 aliphatic rings. The Labute approximate surface area is 204 Å². The van der Waals surface area contributed by atoms with E-state index < -0.39 is 12.7 Å². The first-order chi connectivity index (χ1) is 14.9. The molecule has 1 aromatic carbocycles. The van der Waals surface area contributed by atoms with E-state index in [-0.39, 0.29) is 36.1 Å². The van der Waals surface area contributed by atoms with E-state index in [4.69, 9.17) is 9.47 Å². The maximum Gasteiger partial charge on any atom is 0.401 e. The number of guanidine groups is 1. The van der Waals surface area contributed by atoms with Crippen molar-refractivity contribution in [2.75, 3.05) is 66.6 Å². The largest absolute Gasteiger partial charge is 0.497 e. The van der Waals surface area contributed by atoms with Crippen LogP contribution >= 0.6 is 24.0 Å². The van der Waals surface area contributed by atoms with Crippen LogP contribution < -0.4 is 15.4 Å². The lowest BCUT2D eigenvalue weighted by Crippen LogP contribution is -2.49. The molecule has 2 aliphatic heterocycles. The van der Waals surface area contributed by atoms with Gasteiger partial charge in [-0.15, -0.1) is 24.0 Å². The van der Waals surface area contributed by atoms with E-state index in [1.165, 1.54) is 4.90 Å². The Kier molecular flexibility index (Phi) is 10.8. The molecular formula is C21H33F3IN5O2. The van der Waals surface area contributed by atoms with E-state index in [9.17, 15) is 13.2 Å². The van der Waals surface area contributed by atoms with Gasteiger partial charge in [0.25, 0.3) is 0 Å². The molecule has 0 bridgehead atoms. The Morgan fingerprint density at radius 2 is 1.91 bits per heavy atom. The standard InChI is InChI=1S/C21H32F3N5O2.HI/c1-25-20(27-17-7-8-28(14-17)15-21(22,23)24)26-13-19(29-9-11-31-12-10-29)16-3-5-18(30-2)6-4-16;/h3-6,17,19H,7-15H2,1-2H3,(H2,25,26,27);1H. The van der Waals surface area contributed by atoms with E-state index in [1.54, 1.807) is 14.2 Å². The number of aliphatic imine (C=N–C) groups is 1. The first kappa shape index (κ1) is 26.9. The van der Waals surface area contributed by atoms with Gasteiger partial charge in [-0.2, -0.15) is 13.2 Å². The van der Waals surface area contributed by atoms with Crippen molar-refractivity contribution >= 4 is 29.9 Å². The second-order valence-electron chi connectivity index (χ2n) is 7.87. The molecule has 3 rings (SSSR count). The van der Waals surface area contributed by atoms with Gasteiger partial charge in [0, 0.05) is 45.8 Å². The number of nitrogens with zero attached hydrogens (tertiary/aromatic N) is 3. The minimum atomic E-state index is -4.17. The number of rotatable bonds is 7. The number of halogens is 4. The lowest BCUT2D eigenvalue weighted by molar-refractivity contribution is -0.143. The number of benzene rings is 1. The summed E-state index contributed by atoms with van der Waals surface area (Å²) >= 11 is 0. The highest BCUT2D eigenvalue weighted by Crippen LogP contribution is 2.24. The van der Waals surface area contributed by atoms with Gasteiger partial charge in [-0.05, 0) is 24.1 Å². The van der Waals surface area contributed by atoms with E-state index in [2.05, 4.69) is 32.7 Å². The quantitative estimate of drug-likeness (QED) is 0.298. The molecule has 1 aromatic rings. The van der Waals surface area contributed by atoms with Crippen LogP contribution in [0.15, 0.2) is 29.3 Å². The van der Waals surface area contributed by atoms with Gasteiger partial charge in [-0.25, -0.2) is 0 Å². The van der Waals surface area contributed by atoms with Gasteiger partial charge < -0.3 is 20.1 Å². The fourth-order valence-electron chi connectivity index (χ4n) is 4.10. The third kappa shape index (κ3) is 8.23. The van der Waals surface area contributed by atoms with Crippen molar-refractivity contribution in [1.29, 1.82) is 0 Å². The number of methoxy groups -OCH3 is 1. The van der Waals surface area contributed by atoms with Crippen LogP contribution in [0.3, 0.4) is 0 Å². The van der Waals surface area contributed by atoms with Crippen molar-refractivity contribution in [3.05, 3.63) is 29.8 Å². The summed E-state index contributed by atoms with van der Waals surface area (Å²) in [6, 6.07) is 8.06. The van der Waals surface area contributed by atoms with Crippen LogP contribution in [0.4, 0.5) is 13.2 Å². The Morgan fingerprint density at radius 1 is 1.22 bits per heavy atom. The van der Waals surface area contributed by atoms with Gasteiger partial charge in [-0.1, -0.05) is 12.1 Å². The third-order valence-corrected chi connectivity index (χ3v) is 5.69. The number of hydrogen-bond donors (Lipinski definition) is 2. The van der Waals surface area contributed by atoms with Gasteiger partial charge in [0.2, 0.25) is 0 Å². The molecule has 182 valence electrons. The van der Waals surface area contributed by atoms with Crippen molar-refractivity contribution in [3.63, 3.8) is 0 Å². The number of alkyl halides is 3. The summed E-state index contributed by atoms with van der Waals surface area (Å²) in [5.74, 6) is 1.41. The summed E-state index contributed by atoms with van der Waals surface area (Å²) in [4.78, 5) is 8.08. The van der Waals surface area contributed by atoms with Crippen LogP contribution in [0, 0.1) is 0 Å². The van der Waals surface area contributed by atoms with Crippen molar-refractivity contribution in [3.8, 4) is 5.75 Å². The minimum Gasteiger partial charge on any atom is -0.497 e. The van der Waals surface area contributed by atoms with Crippen LogP contribution in [0.5, 0.6) is 5.75 Å². The van der Waals surface area contributed by atoms with Gasteiger partial charge in [0.1, 0.15) is 5.75 Å². The normalized spacial score (nSPS) is 21.7. The van der Waals surface area contributed by atoms with E-state index in [0.717, 1.165) is 24.4 Å². The average molecular weight is 571 g/mol. The van der Waals surface area contributed by atoms with Crippen molar-refractivity contribution in [2.45, 2.75) is 24.7 Å². The Hall–Kier alpha value is -1.31. The first-order valence-corrected chi connectivity index (χ1v) is 10.6. The smallest absolute Gasteiger partial charge is 0.401 e. The molecule has 0 aliphatic carbocycles.